The molecule has 0 bridgehead atoms. The molecule has 0 atom stereocenters. The number of anilines is 1. The summed E-state index contributed by atoms with van der Waals surface area (Å²) in [5.41, 5.74) is 4.54. The summed E-state index contributed by atoms with van der Waals surface area (Å²) >= 11 is 0. The standard InChI is InChI=1S/C18H16N4/c1-2-6-15-13-22(12-9-14(15)5-1)18-20-11-8-17(21-18)16-7-3-4-10-19-16/h1-8,10-11H,9,12-13H2. The van der Waals surface area contributed by atoms with E-state index < -0.39 is 0 Å². The Labute approximate surface area is 129 Å². The first kappa shape index (κ1) is 13.0. The molecule has 22 heavy (non-hydrogen) atoms. The van der Waals surface area contributed by atoms with E-state index in [1.807, 2.05) is 30.5 Å². The smallest absolute Gasteiger partial charge is 0.226 e. The number of rotatable bonds is 2. The highest BCUT2D eigenvalue weighted by molar-refractivity contribution is 5.55. The number of hydrogen-bond donors (Lipinski definition) is 0. The third-order valence-electron chi connectivity index (χ3n) is 3.98. The minimum absolute atomic E-state index is 0.776. The van der Waals surface area contributed by atoms with Crippen LogP contribution >= 0.6 is 0 Å². The van der Waals surface area contributed by atoms with Gasteiger partial charge in [0.15, 0.2) is 0 Å². The summed E-state index contributed by atoms with van der Waals surface area (Å²) in [6.45, 7) is 1.81. The van der Waals surface area contributed by atoms with E-state index in [1.165, 1.54) is 11.1 Å². The largest absolute Gasteiger partial charge is 0.336 e. The van der Waals surface area contributed by atoms with Crippen molar-refractivity contribution >= 4 is 5.95 Å². The summed E-state index contributed by atoms with van der Waals surface area (Å²) in [6.07, 6.45) is 4.63. The van der Waals surface area contributed by atoms with Crippen LogP contribution in [0.25, 0.3) is 11.4 Å². The zero-order chi connectivity index (χ0) is 14.8. The fourth-order valence-electron chi connectivity index (χ4n) is 2.82. The highest BCUT2D eigenvalue weighted by Crippen LogP contribution is 2.23. The predicted molar refractivity (Wildman–Crippen MR) is 86.5 cm³/mol. The number of pyridine rings is 1. The third kappa shape index (κ3) is 2.44. The van der Waals surface area contributed by atoms with Crippen molar-refractivity contribution in [2.45, 2.75) is 13.0 Å². The van der Waals surface area contributed by atoms with Crippen LogP contribution in [0, 0.1) is 0 Å². The quantitative estimate of drug-likeness (QED) is 0.726. The molecule has 0 amide bonds. The van der Waals surface area contributed by atoms with Crippen LogP contribution in [-0.4, -0.2) is 21.5 Å². The van der Waals surface area contributed by atoms with Gasteiger partial charge in [-0.25, -0.2) is 9.97 Å². The first-order chi connectivity index (χ1) is 10.9. The van der Waals surface area contributed by atoms with Gasteiger partial charge in [0.05, 0.1) is 11.4 Å². The molecule has 0 N–H and O–H groups in total. The van der Waals surface area contributed by atoms with Crippen LogP contribution in [0.4, 0.5) is 5.95 Å². The summed E-state index contributed by atoms with van der Waals surface area (Å²) in [5, 5.41) is 0. The van der Waals surface area contributed by atoms with Crippen molar-refractivity contribution < 1.29 is 0 Å². The molecular weight excluding hydrogens is 272 g/mol. The zero-order valence-electron chi connectivity index (χ0n) is 12.2. The second-order valence-corrected chi connectivity index (χ2v) is 5.40. The summed E-state index contributed by atoms with van der Waals surface area (Å²) < 4.78 is 0. The van der Waals surface area contributed by atoms with E-state index in [2.05, 4.69) is 39.1 Å². The van der Waals surface area contributed by atoms with Crippen LogP contribution in [0.3, 0.4) is 0 Å². The molecule has 4 heteroatoms. The van der Waals surface area contributed by atoms with Gasteiger partial charge in [-0.1, -0.05) is 30.3 Å². The van der Waals surface area contributed by atoms with Gasteiger partial charge >= 0.3 is 0 Å². The second-order valence-electron chi connectivity index (χ2n) is 5.40. The summed E-state index contributed by atoms with van der Waals surface area (Å²) in [5.74, 6) is 0.776. The fourth-order valence-corrected chi connectivity index (χ4v) is 2.82. The molecule has 4 rings (SSSR count). The van der Waals surface area contributed by atoms with E-state index >= 15 is 0 Å². The SMILES string of the molecule is c1ccc(-c2ccnc(N3CCc4ccccc4C3)n2)nc1. The van der Waals surface area contributed by atoms with E-state index in [-0.39, 0.29) is 0 Å². The molecule has 2 aromatic heterocycles. The molecule has 0 radical (unpaired) electrons. The van der Waals surface area contributed by atoms with Gasteiger partial charge in [0.1, 0.15) is 0 Å². The van der Waals surface area contributed by atoms with Crippen molar-refractivity contribution in [2.24, 2.45) is 0 Å². The van der Waals surface area contributed by atoms with Crippen LogP contribution < -0.4 is 4.90 Å². The normalized spacial score (nSPS) is 13.7. The molecule has 0 fully saturated rings. The molecule has 3 heterocycles. The van der Waals surface area contributed by atoms with Crippen molar-refractivity contribution in [3.63, 3.8) is 0 Å². The average molecular weight is 288 g/mol. The molecule has 0 spiro atoms. The van der Waals surface area contributed by atoms with Crippen molar-refractivity contribution in [3.05, 3.63) is 72.1 Å². The number of fused-ring (bicyclic) bond motifs is 1. The predicted octanol–water partition coefficient (Wildman–Crippen LogP) is 3.10. The van der Waals surface area contributed by atoms with Crippen LogP contribution in [-0.2, 0) is 13.0 Å². The van der Waals surface area contributed by atoms with Gasteiger partial charge in [0.25, 0.3) is 0 Å². The van der Waals surface area contributed by atoms with Gasteiger partial charge < -0.3 is 4.90 Å². The molecule has 0 saturated heterocycles. The van der Waals surface area contributed by atoms with E-state index in [4.69, 9.17) is 4.98 Å². The minimum Gasteiger partial charge on any atom is -0.336 e. The Balaban J connectivity index is 1.64. The topological polar surface area (TPSA) is 41.9 Å². The Morgan fingerprint density at radius 3 is 2.50 bits per heavy atom. The number of benzene rings is 1. The second kappa shape index (κ2) is 5.56. The van der Waals surface area contributed by atoms with Crippen molar-refractivity contribution in [1.29, 1.82) is 0 Å². The Hall–Kier alpha value is -2.75. The maximum Gasteiger partial charge on any atom is 0.226 e. The highest BCUT2D eigenvalue weighted by atomic mass is 15.2. The molecule has 1 aliphatic rings. The minimum atomic E-state index is 0.776. The molecule has 0 saturated carbocycles. The van der Waals surface area contributed by atoms with Gasteiger partial charge in [-0.05, 0) is 35.7 Å². The lowest BCUT2D eigenvalue weighted by Gasteiger charge is -2.28. The van der Waals surface area contributed by atoms with Gasteiger partial charge in [-0.2, -0.15) is 0 Å². The zero-order valence-corrected chi connectivity index (χ0v) is 12.2. The molecule has 1 aromatic carbocycles. The highest BCUT2D eigenvalue weighted by Gasteiger charge is 2.18. The lowest BCUT2D eigenvalue weighted by Crippen LogP contribution is -2.31. The Bertz CT molecular complexity index is 786. The van der Waals surface area contributed by atoms with E-state index in [9.17, 15) is 0 Å². The lowest BCUT2D eigenvalue weighted by molar-refractivity contribution is 0.708. The van der Waals surface area contributed by atoms with E-state index in [0.29, 0.717) is 0 Å². The van der Waals surface area contributed by atoms with Crippen LogP contribution in [0.1, 0.15) is 11.1 Å². The Morgan fingerprint density at radius 2 is 1.64 bits per heavy atom. The fraction of sp³-hybridized carbons (Fsp3) is 0.167. The van der Waals surface area contributed by atoms with E-state index in [0.717, 1.165) is 36.8 Å². The van der Waals surface area contributed by atoms with E-state index in [1.54, 1.807) is 6.20 Å². The molecule has 4 nitrogen and oxygen atoms in total. The Kier molecular flexibility index (Phi) is 3.27. The number of aromatic nitrogens is 3. The van der Waals surface area contributed by atoms with Crippen LogP contribution in [0.15, 0.2) is 60.9 Å². The van der Waals surface area contributed by atoms with Gasteiger partial charge in [-0.3, -0.25) is 4.98 Å². The van der Waals surface area contributed by atoms with Crippen molar-refractivity contribution in [3.8, 4) is 11.4 Å². The van der Waals surface area contributed by atoms with Crippen molar-refractivity contribution in [1.82, 2.24) is 15.0 Å². The van der Waals surface area contributed by atoms with Crippen LogP contribution in [0.2, 0.25) is 0 Å². The number of nitrogens with zero attached hydrogens (tertiary/aromatic N) is 4. The Morgan fingerprint density at radius 1 is 0.773 bits per heavy atom. The third-order valence-corrected chi connectivity index (χ3v) is 3.98. The number of hydrogen-bond acceptors (Lipinski definition) is 4. The lowest BCUT2D eigenvalue weighted by atomic mass is 10.0. The molecule has 1 aliphatic heterocycles. The van der Waals surface area contributed by atoms with Gasteiger partial charge in [-0.15, -0.1) is 0 Å². The summed E-state index contributed by atoms with van der Waals surface area (Å²) in [4.78, 5) is 15.7. The van der Waals surface area contributed by atoms with Gasteiger partial charge in [0, 0.05) is 25.5 Å². The monoisotopic (exact) mass is 288 g/mol. The molecule has 0 unspecified atom stereocenters. The molecule has 0 aliphatic carbocycles. The first-order valence-corrected chi connectivity index (χ1v) is 7.46. The molecule has 3 aromatic rings. The maximum atomic E-state index is 4.69. The average Bonchev–Trinajstić information content (AvgIpc) is 2.62. The van der Waals surface area contributed by atoms with Gasteiger partial charge in [0.2, 0.25) is 5.95 Å². The van der Waals surface area contributed by atoms with Crippen molar-refractivity contribution in [2.75, 3.05) is 11.4 Å². The molecular formula is C18H16N4. The molecule has 108 valence electrons. The summed E-state index contributed by atoms with van der Waals surface area (Å²) in [7, 11) is 0. The first-order valence-electron chi connectivity index (χ1n) is 7.46. The summed E-state index contributed by atoms with van der Waals surface area (Å²) in [6, 6.07) is 16.3. The maximum absolute atomic E-state index is 4.69. The van der Waals surface area contributed by atoms with Crippen LogP contribution in [0.5, 0.6) is 0 Å².